The number of benzene rings is 1. The molecule has 1 aromatic heterocycles. The van der Waals surface area contributed by atoms with E-state index in [1.807, 2.05) is 23.1 Å². The van der Waals surface area contributed by atoms with Gasteiger partial charge in [-0.3, -0.25) is 14.4 Å². The molecule has 4 rings (SSSR count). The summed E-state index contributed by atoms with van der Waals surface area (Å²) < 4.78 is 0. The van der Waals surface area contributed by atoms with E-state index >= 15 is 0 Å². The number of aromatic amines is 1. The summed E-state index contributed by atoms with van der Waals surface area (Å²) in [5, 5.41) is -0.0245. The number of hydrogen-bond acceptors (Lipinski definition) is 3. The molecule has 152 valence electrons. The van der Waals surface area contributed by atoms with E-state index in [9.17, 15) is 14.4 Å². The summed E-state index contributed by atoms with van der Waals surface area (Å²) in [5.74, 6) is -0.208. The Morgan fingerprint density at radius 2 is 1.83 bits per heavy atom. The standard InChI is InChI=1S/C22H24ClN3O3/c23-18-14-17(15-24-19(18)27)20(28)26-12-5-10-22(26)9-4-11-25(21(22)29)13-8-16-6-2-1-3-7-16/h1-3,6-7,14-15H,4-5,8-13H2,(H,24,27). The molecule has 3 heterocycles. The second-order valence-electron chi connectivity index (χ2n) is 7.79. The molecule has 1 aromatic carbocycles. The number of carbonyl (C=O) groups excluding carboxylic acids is 2. The molecule has 0 saturated carbocycles. The molecular weight excluding hydrogens is 390 g/mol. The number of carbonyl (C=O) groups is 2. The molecule has 0 bridgehead atoms. The van der Waals surface area contributed by atoms with Crippen molar-refractivity contribution in [3.8, 4) is 0 Å². The van der Waals surface area contributed by atoms with E-state index in [1.165, 1.54) is 17.8 Å². The minimum Gasteiger partial charge on any atom is -0.340 e. The first-order chi connectivity index (χ1) is 14.0. The molecule has 7 heteroatoms. The first-order valence-corrected chi connectivity index (χ1v) is 10.4. The number of hydrogen-bond donors (Lipinski definition) is 1. The summed E-state index contributed by atoms with van der Waals surface area (Å²) in [6.45, 7) is 1.91. The van der Waals surface area contributed by atoms with Gasteiger partial charge in [0.05, 0.1) is 5.56 Å². The summed E-state index contributed by atoms with van der Waals surface area (Å²) >= 11 is 5.90. The summed E-state index contributed by atoms with van der Waals surface area (Å²) in [4.78, 5) is 44.3. The molecule has 1 atom stereocenters. The van der Waals surface area contributed by atoms with Crippen LogP contribution in [0.15, 0.2) is 47.4 Å². The molecule has 1 N–H and O–H groups in total. The molecule has 1 unspecified atom stereocenters. The Bertz CT molecular complexity index is 975. The summed E-state index contributed by atoms with van der Waals surface area (Å²) in [5.41, 5.74) is 0.293. The number of amides is 2. The molecule has 2 amide bonds. The van der Waals surface area contributed by atoms with Crippen LogP contribution in [0.25, 0.3) is 0 Å². The van der Waals surface area contributed by atoms with Crippen LogP contribution in [-0.2, 0) is 11.2 Å². The van der Waals surface area contributed by atoms with Gasteiger partial charge >= 0.3 is 0 Å². The van der Waals surface area contributed by atoms with Crippen molar-refractivity contribution in [2.75, 3.05) is 19.6 Å². The molecule has 2 saturated heterocycles. The van der Waals surface area contributed by atoms with Gasteiger partial charge in [-0.25, -0.2) is 0 Å². The fraction of sp³-hybridized carbons (Fsp3) is 0.409. The SMILES string of the molecule is O=C(c1c[nH]c(=O)c(Cl)c1)N1CCCC12CCCN(CCc1ccccc1)C2=O. The second-order valence-corrected chi connectivity index (χ2v) is 8.20. The molecule has 29 heavy (non-hydrogen) atoms. The Kier molecular flexibility index (Phi) is 5.46. The molecule has 6 nitrogen and oxygen atoms in total. The first-order valence-electron chi connectivity index (χ1n) is 10.0. The topological polar surface area (TPSA) is 73.5 Å². The number of halogens is 1. The van der Waals surface area contributed by atoms with Crippen molar-refractivity contribution < 1.29 is 9.59 Å². The van der Waals surface area contributed by atoms with Crippen LogP contribution in [0.1, 0.15) is 41.6 Å². The van der Waals surface area contributed by atoms with Crippen LogP contribution in [0.4, 0.5) is 0 Å². The number of aromatic nitrogens is 1. The predicted molar refractivity (Wildman–Crippen MR) is 111 cm³/mol. The first kappa shape index (κ1) is 19.7. The van der Waals surface area contributed by atoms with E-state index in [4.69, 9.17) is 11.6 Å². The minimum absolute atomic E-state index is 0.0245. The average Bonchev–Trinajstić information content (AvgIpc) is 3.16. The number of nitrogens with zero attached hydrogens (tertiary/aromatic N) is 2. The van der Waals surface area contributed by atoms with Gasteiger partial charge in [0.1, 0.15) is 10.6 Å². The fourth-order valence-electron chi connectivity index (χ4n) is 4.58. The van der Waals surface area contributed by atoms with Gasteiger partial charge < -0.3 is 14.8 Å². The molecule has 1 spiro atoms. The van der Waals surface area contributed by atoms with E-state index < -0.39 is 11.1 Å². The van der Waals surface area contributed by atoms with Crippen LogP contribution < -0.4 is 5.56 Å². The van der Waals surface area contributed by atoms with Gasteiger partial charge in [0, 0.05) is 25.8 Å². The molecule has 0 radical (unpaired) electrons. The lowest BCUT2D eigenvalue weighted by atomic mass is 9.85. The number of pyridine rings is 1. The van der Waals surface area contributed by atoms with Crippen LogP contribution in [0, 0.1) is 0 Å². The average molecular weight is 414 g/mol. The lowest BCUT2D eigenvalue weighted by molar-refractivity contribution is -0.145. The van der Waals surface area contributed by atoms with Crippen molar-refractivity contribution in [1.29, 1.82) is 0 Å². The highest BCUT2D eigenvalue weighted by molar-refractivity contribution is 6.30. The second kappa shape index (κ2) is 8.03. The quantitative estimate of drug-likeness (QED) is 0.837. The van der Waals surface area contributed by atoms with Gasteiger partial charge in [-0.2, -0.15) is 0 Å². The van der Waals surface area contributed by atoms with Crippen LogP contribution in [0.3, 0.4) is 0 Å². The van der Waals surface area contributed by atoms with Gasteiger partial charge in [-0.05, 0) is 43.7 Å². The Balaban J connectivity index is 1.54. The van der Waals surface area contributed by atoms with Gasteiger partial charge in [0.15, 0.2) is 0 Å². The highest BCUT2D eigenvalue weighted by Crippen LogP contribution is 2.39. The molecular formula is C22H24ClN3O3. The number of likely N-dealkylation sites (tertiary alicyclic amines) is 2. The van der Waals surface area contributed by atoms with Crippen molar-refractivity contribution in [2.24, 2.45) is 0 Å². The van der Waals surface area contributed by atoms with E-state index in [1.54, 1.807) is 4.90 Å². The third kappa shape index (κ3) is 3.69. The number of nitrogens with one attached hydrogen (secondary N) is 1. The van der Waals surface area contributed by atoms with Crippen LogP contribution in [0.5, 0.6) is 0 Å². The lowest BCUT2D eigenvalue weighted by Gasteiger charge is -2.44. The highest BCUT2D eigenvalue weighted by atomic mass is 35.5. The normalized spacial score (nSPS) is 21.8. The van der Waals surface area contributed by atoms with Gasteiger partial charge in [-0.15, -0.1) is 0 Å². The monoisotopic (exact) mass is 413 g/mol. The smallest absolute Gasteiger partial charge is 0.266 e. The number of H-pyrrole nitrogens is 1. The van der Waals surface area contributed by atoms with Crippen LogP contribution in [0.2, 0.25) is 5.02 Å². The van der Waals surface area contributed by atoms with E-state index in [-0.39, 0.29) is 16.8 Å². The van der Waals surface area contributed by atoms with Crippen LogP contribution in [-0.4, -0.2) is 51.8 Å². The third-order valence-electron chi connectivity index (χ3n) is 6.06. The van der Waals surface area contributed by atoms with Gasteiger partial charge in [-0.1, -0.05) is 41.9 Å². The molecule has 2 fully saturated rings. The van der Waals surface area contributed by atoms with Crippen molar-refractivity contribution >= 4 is 23.4 Å². The Hall–Kier alpha value is -2.60. The molecule has 2 aromatic rings. The van der Waals surface area contributed by atoms with E-state index in [0.29, 0.717) is 31.5 Å². The summed E-state index contributed by atoms with van der Waals surface area (Å²) in [7, 11) is 0. The van der Waals surface area contributed by atoms with E-state index in [2.05, 4.69) is 17.1 Å². The van der Waals surface area contributed by atoms with Crippen LogP contribution >= 0.6 is 11.6 Å². The number of rotatable bonds is 4. The maximum absolute atomic E-state index is 13.5. The zero-order chi connectivity index (χ0) is 20.4. The van der Waals surface area contributed by atoms with E-state index in [0.717, 1.165) is 25.8 Å². The zero-order valence-electron chi connectivity index (χ0n) is 16.2. The third-order valence-corrected chi connectivity index (χ3v) is 6.34. The largest absolute Gasteiger partial charge is 0.340 e. The predicted octanol–water partition coefficient (Wildman–Crippen LogP) is 2.87. The zero-order valence-corrected chi connectivity index (χ0v) is 17.0. The molecule has 2 aliphatic rings. The van der Waals surface area contributed by atoms with Crippen molar-refractivity contribution in [2.45, 2.75) is 37.6 Å². The molecule has 2 aliphatic heterocycles. The fourth-order valence-corrected chi connectivity index (χ4v) is 4.75. The van der Waals surface area contributed by atoms with Crippen molar-refractivity contribution in [3.63, 3.8) is 0 Å². The Morgan fingerprint density at radius 1 is 1.10 bits per heavy atom. The Morgan fingerprint density at radius 3 is 2.55 bits per heavy atom. The maximum atomic E-state index is 13.5. The maximum Gasteiger partial charge on any atom is 0.266 e. The minimum atomic E-state index is -0.783. The highest BCUT2D eigenvalue weighted by Gasteiger charge is 2.52. The van der Waals surface area contributed by atoms with Gasteiger partial charge in [0.2, 0.25) is 5.91 Å². The van der Waals surface area contributed by atoms with Crippen molar-refractivity contribution in [1.82, 2.24) is 14.8 Å². The number of piperidine rings is 1. The molecule has 0 aliphatic carbocycles. The lowest BCUT2D eigenvalue weighted by Crippen LogP contribution is -2.61. The van der Waals surface area contributed by atoms with Crippen molar-refractivity contribution in [3.05, 3.63) is 69.1 Å². The Labute approximate surface area is 174 Å². The summed E-state index contributed by atoms with van der Waals surface area (Å²) in [6, 6.07) is 11.5. The van der Waals surface area contributed by atoms with Gasteiger partial charge in [0.25, 0.3) is 11.5 Å². The summed E-state index contributed by atoms with van der Waals surface area (Å²) in [6.07, 6.45) is 5.19.